The van der Waals surface area contributed by atoms with E-state index >= 15 is 0 Å². The number of nitrogens with zero attached hydrogens (tertiary/aromatic N) is 1. The molecule has 0 N–H and O–H groups in total. The Labute approximate surface area is 129 Å². The molecule has 1 aromatic rings. The minimum atomic E-state index is -0.380. The van der Waals surface area contributed by atoms with Crippen molar-refractivity contribution < 1.29 is 13.9 Å². The number of halogens is 2. The Morgan fingerprint density at radius 1 is 1.38 bits per heavy atom. The van der Waals surface area contributed by atoms with E-state index in [1.807, 2.05) is 4.90 Å². The Balaban J connectivity index is 1.69. The molecule has 3 rings (SSSR count). The summed E-state index contributed by atoms with van der Waals surface area (Å²) in [6, 6.07) is 4.38. The summed E-state index contributed by atoms with van der Waals surface area (Å²) in [7, 11) is 0. The molecular formula is C16H19ClFNO2. The minimum Gasteiger partial charge on any atom is -0.376 e. The van der Waals surface area contributed by atoms with E-state index in [1.165, 1.54) is 12.1 Å². The summed E-state index contributed by atoms with van der Waals surface area (Å²) in [5.74, 6) is -0.323. The first-order valence-corrected chi connectivity index (χ1v) is 7.88. The van der Waals surface area contributed by atoms with Crippen LogP contribution in [0.3, 0.4) is 0 Å². The molecule has 0 unspecified atom stereocenters. The maximum absolute atomic E-state index is 13.1. The third kappa shape index (κ3) is 3.22. The Bertz CT molecular complexity index is 531. The van der Waals surface area contributed by atoms with Gasteiger partial charge in [0.15, 0.2) is 0 Å². The quantitative estimate of drug-likeness (QED) is 0.858. The van der Waals surface area contributed by atoms with Crippen molar-refractivity contribution in [1.82, 2.24) is 4.90 Å². The summed E-state index contributed by atoms with van der Waals surface area (Å²) in [5, 5.41) is 0.316. The minimum absolute atomic E-state index is 0.0570. The first-order chi connectivity index (χ1) is 10.1. The van der Waals surface area contributed by atoms with Crippen LogP contribution in [-0.2, 0) is 16.0 Å². The Morgan fingerprint density at radius 3 is 2.95 bits per heavy atom. The van der Waals surface area contributed by atoms with E-state index in [0.717, 1.165) is 38.8 Å². The largest absolute Gasteiger partial charge is 0.376 e. The van der Waals surface area contributed by atoms with Crippen molar-refractivity contribution in [2.75, 3.05) is 13.2 Å². The van der Waals surface area contributed by atoms with E-state index in [9.17, 15) is 9.18 Å². The third-order valence-corrected chi connectivity index (χ3v) is 4.72. The zero-order chi connectivity index (χ0) is 14.8. The molecule has 3 nitrogen and oxygen atoms in total. The number of carbonyl (C=O) groups excluding carboxylic acids is 1. The second-order valence-electron chi connectivity index (χ2n) is 5.76. The zero-order valence-corrected chi connectivity index (χ0v) is 12.6. The van der Waals surface area contributed by atoms with E-state index in [4.69, 9.17) is 16.3 Å². The average molecular weight is 312 g/mol. The van der Waals surface area contributed by atoms with Crippen LogP contribution in [0.25, 0.3) is 0 Å². The van der Waals surface area contributed by atoms with Gasteiger partial charge >= 0.3 is 0 Å². The van der Waals surface area contributed by atoms with E-state index in [2.05, 4.69) is 0 Å². The summed E-state index contributed by atoms with van der Waals surface area (Å²) in [6.07, 6.45) is 4.54. The molecular weight excluding hydrogens is 293 g/mol. The number of ether oxygens (including phenoxy) is 1. The predicted molar refractivity (Wildman–Crippen MR) is 78.8 cm³/mol. The summed E-state index contributed by atoms with van der Waals surface area (Å²) >= 11 is 6.01. The lowest BCUT2D eigenvalue weighted by molar-refractivity contribution is -0.133. The lowest BCUT2D eigenvalue weighted by atomic mass is 10.0. The number of hydrogen-bond donors (Lipinski definition) is 0. The first kappa shape index (κ1) is 14.8. The number of benzene rings is 1. The molecule has 2 aliphatic heterocycles. The molecule has 0 aliphatic carbocycles. The second-order valence-corrected chi connectivity index (χ2v) is 6.17. The van der Waals surface area contributed by atoms with Crippen LogP contribution in [0.1, 0.15) is 31.2 Å². The SMILES string of the molecule is O=C(Cc1ccc(F)cc1Cl)N1CCC[C@H]1[C@@H]1CCCO1. The molecule has 1 aromatic carbocycles. The summed E-state index contributed by atoms with van der Waals surface area (Å²) in [4.78, 5) is 14.5. The maximum Gasteiger partial charge on any atom is 0.227 e. The first-order valence-electron chi connectivity index (χ1n) is 7.50. The van der Waals surface area contributed by atoms with Crippen LogP contribution >= 0.6 is 11.6 Å². The van der Waals surface area contributed by atoms with Crippen molar-refractivity contribution >= 4 is 17.5 Å². The summed E-state index contributed by atoms with van der Waals surface area (Å²) in [5.41, 5.74) is 0.682. The average Bonchev–Trinajstić information content (AvgIpc) is 3.10. The molecule has 1 amide bonds. The maximum atomic E-state index is 13.1. The molecule has 0 spiro atoms. The number of hydrogen-bond acceptors (Lipinski definition) is 2. The molecule has 0 radical (unpaired) electrons. The van der Waals surface area contributed by atoms with Crippen LogP contribution < -0.4 is 0 Å². The van der Waals surface area contributed by atoms with Crippen molar-refractivity contribution in [2.45, 2.75) is 44.2 Å². The van der Waals surface area contributed by atoms with Gasteiger partial charge in [0.1, 0.15) is 5.82 Å². The molecule has 114 valence electrons. The van der Waals surface area contributed by atoms with Gasteiger partial charge in [0.25, 0.3) is 0 Å². The normalized spacial score (nSPS) is 25.5. The third-order valence-electron chi connectivity index (χ3n) is 4.37. The fourth-order valence-corrected chi connectivity index (χ4v) is 3.56. The van der Waals surface area contributed by atoms with Crippen LogP contribution in [0, 0.1) is 5.82 Å². The standard InChI is InChI=1S/C16H19ClFNO2/c17-13-10-12(18)6-5-11(13)9-16(20)19-7-1-3-14(19)15-4-2-8-21-15/h5-6,10,14-15H,1-4,7-9H2/t14-,15-/m0/s1. The van der Waals surface area contributed by atoms with Crippen LogP contribution in [0.5, 0.6) is 0 Å². The molecule has 2 atom stereocenters. The molecule has 5 heteroatoms. The van der Waals surface area contributed by atoms with Crippen LogP contribution in [0.4, 0.5) is 4.39 Å². The van der Waals surface area contributed by atoms with E-state index in [0.29, 0.717) is 10.6 Å². The fourth-order valence-electron chi connectivity index (χ4n) is 3.32. The highest BCUT2D eigenvalue weighted by molar-refractivity contribution is 6.31. The Morgan fingerprint density at radius 2 is 2.24 bits per heavy atom. The second kappa shape index (κ2) is 6.32. The van der Waals surface area contributed by atoms with Crippen molar-refractivity contribution in [2.24, 2.45) is 0 Å². The van der Waals surface area contributed by atoms with Gasteiger partial charge < -0.3 is 9.64 Å². The summed E-state index contributed by atoms with van der Waals surface area (Å²) in [6.45, 7) is 1.58. The van der Waals surface area contributed by atoms with Crippen LogP contribution in [-0.4, -0.2) is 36.1 Å². The smallest absolute Gasteiger partial charge is 0.227 e. The Hall–Kier alpha value is -1.13. The number of likely N-dealkylation sites (tertiary alicyclic amines) is 1. The van der Waals surface area contributed by atoms with Gasteiger partial charge in [-0.25, -0.2) is 4.39 Å². The topological polar surface area (TPSA) is 29.5 Å². The lowest BCUT2D eigenvalue weighted by Crippen LogP contribution is -2.43. The van der Waals surface area contributed by atoms with Gasteiger partial charge in [-0.3, -0.25) is 4.79 Å². The Kier molecular flexibility index (Phi) is 4.45. The van der Waals surface area contributed by atoms with Crippen molar-refractivity contribution in [1.29, 1.82) is 0 Å². The van der Waals surface area contributed by atoms with Gasteiger partial charge in [-0.2, -0.15) is 0 Å². The predicted octanol–water partition coefficient (Wildman–Crippen LogP) is 3.19. The van der Waals surface area contributed by atoms with E-state index in [-0.39, 0.29) is 30.3 Å². The van der Waals surface area contributed by atoms with Crippen molar-refractivity contribution in [3.63, 3.8) is 0 Å². The van der Waals surface area contributed by atoms with Gasteiger partial charge in [0, 0.05) is 18.2 Å². The van der Waals surface area contributed by atoms with Gasteiger partial charge in [-0.05, 0) is 43.4 Å². The summed E-state index contributed by atoms with van der Waals surface area (Å²) < 4.78 is 18.8. The molecule has 21 heavy (non-hydrogen) atoms. The molecule has 2 aliphatic rings. The molecule has 2 heterocycles. The monoisotopic (exact) mass is 311 g/mol. The van der Waals surface area contributed by atoms with Crippen molar-refractivity contribution in [3.8, 4) is 0 Å². The highest BCUT2D eigenvalue weighted by Crippen LogP contribution is 2.29. The molecule has 2 fully saturated rings. The van der Waals surface area contributed by atoms with Crippen molar-refractivity contribution in [3.05, 3.63) is 34.6 Å². The van der Waals surface area contributed by atoms with Gasteiger partial charge in [0.05, 0.1) is 18.6 Å². The molecule has 0 bridgehead atoms. The van der Waals surface area contributed by atoms with Crippen LogP contribution in [0.15, 0.2) is 18.2 Å². The molecule has 0 aromatic heterocycles. The molecule has 0 saturated carbocycles. The fraction of sp³-hybridized carbons (Fsp3) is 0.562. The van der Waals surface area contributed by atoms with E-state index < -0.39 is 0 Å². The van der Waals surface area contributed by atoms with Crippen LogP contribution in [0.2, 0.25) is 5.02 Å². The lowest BCUT2D eigenvalue weighted by Gasteiger charge is -2.29. The number of amides is 1. The highest BCUT2D eigenvalue weighted by Gasteiger charge is 2.36. The number of carbonyl (C=O) groups is 1. The molecule has 2 saturated heterocycles. The highest BCUT2D eigenvalue weighted by atomic mass is 35.5. The van der Waals surface area contributed by atoms with Gasteiger partial charge in [0.2, 0.25) is 5.91 Å². The van der Waals surface area contributed by atoms with E-state index in [1.54, 1.807) is 6.07 Å². The number of rotatable bonds is 3. The van der Waals surface area contributed by atoms with Gasteiger partial charge in [-0.1, -0.05) is 17.7 Å². The van der Waals surface area contributed by atoms with Gasteiger partial charge in [-0.15, -0.1) is 0 Å². The zero-order valence-electron chi connectivity index (χ0n) is 11.9.